The van der Waals surface area contributed by atoms with Crippen molar-refractivity contribution in [3.8, 4) is 0 Å². The summed E-state index contributed by atoms with van der Waals surface area (Å²) in [6.07, 6.45) is 0. The van der Waals surface area contributed by atoms with Crippen molar-refractivity contribution < 1.29 is 5.11 Å². The van der Waals surface area contributed by atoms with Gasteiger partial charge in [0.15, 0.2) is 0 Å². The summed E-state index contributed by atoms with van der Waals surface area (Å²) in [5.74, 6) is 0. The van der Waals surface area contributed by atoms with Gasteiger partial charge < -0.3 is 5.11 Å². The molecule has 72 valence electrons. The first kappa shape index (κ1) is 11.1. The number of aliphatic hydroxyl groups excluding tert-OH is 1. The Morgan fingerprint density at radius 2 is 2.15 bits per heavy atom. The molecule has 0 aliphatic rings. The molecule has 1 N–H and O–H groups in total. The van der Waals surface area contributed by atoms with E-state index in [2.05, 4.69) is 29.8 Å². The van der Waals surface area contributed by atoms with Crippen molar-refractivity contribution in [3.05, 3.63) is 28.2 Å². The number of rotatable bonds is 3. The Morgan fingerprint density at radius 3 is 2.62 bits per heavy atom. The fraction of sp³-hybridized carbons (Fsp3) is 0.400. The quantitative estimate of drug-likeness (QED) is 0.841. The summed E-state index contributed by atoms with van der Waals surface area (Å²) in [5.41, 5.74) is 0.944. The molecule has 0 fully saturated rings. The van der Waals surface area contributed by atoms with Gasteiger partial charge in [-0.3, -0.25) is 0 Å². The Morgan fingerprint density at radius 1 is 1.46 bits per heavy atom. The van der Waals surface area contributed by atoms with E-state index < -0.39 is 0 Å². The van der Waals surface area contributed by atoms with Gasteiger partial charge in [-0.1, -0.05) is 19.9 Å². The Bertz CT molecular complexity index is 286. The fourth-order valence-electron chi connectivity index (χ4n) is 0.992. The van der Waals surface area contributed by atoms with E-state index in [0.717, 1.165) is 10.0 Å². The molecule has 3 heteroatoms. The van der Waals surface area contributed by atoms with Crippen LogP contribution in [-0.2, 0) is 6.61 Å². The lowest BCUT2D eigenvalue weighted by Gasteiger charge is -2.07. The summed E-state index contributed by atoms with van der Waals surface area (Å²) in [6.45, 7) is 4.43. The van der Waals surface area contributed by atoms with Gasteiger partial charge in [-0.05, 0) is 33.6 Å². The molecule has 0 saturated heterocycles. The molecule has 0 saturated carbocycles. The van der Waals surface area contributed by atoms with Gasteiger partial charge in [-0.2, -0.15) is 0 Å². The highest BCUT2D eigenvalue weighted by Crippen LogP contribution is 2.31. The maximum atomic E-state index is 8.91. The minimum absolute atomic E-state index is 0.102. The SMILES string of the molecule is CC(C)Sc1ccc(CO)cc1Br. The van der Waals surface area contributed by atoms with Crippen LogP contribution < -0.4 is 0 Å². The maximum absolute atomic E-state index is 8.91. The van der Waals surface area contributed by atoms with Crippen LogP contribution >= 0.6 is 27.7 Å². The Labute approximate surface area is 91.7 Å². The zero-order chi connectivity index (χ0) is 9.84. The van der Waals surface area contributed by atoms with Crippen LogP contribution in [-0.4, -0.2) is 10.4 Å². The van der Waals surface area contributed by atoms with Crippen molar-refractivity contribution in [2.75, 3.05) is 0 Å². The van der Waals surface area contributed by atoms with Crippen LogP contribution in [0.3, 0.4) is 0 Å². The van der Waals surface area contributed by atoms with Gasteiger partial charge in [-0.25, -0.2) is 0 Å². The van der Waals surface area contributed by atoms with E-state index in [1.54, 1.807) is 0 Å². The first-order valence-corrected chi connectivity index (χ1v) is 5.86. The van der Waals surface area contributed by atoms with Crippen molar-refractivity contribution in [2.24, 2.45) is 0 Å². The third-order valence-electron chi connectivity index (χ3n) is 1.54. The van der Waals surface area contributed by atoms with Crippen molar-refractivity contribution in [2.45, 2.75) is 30.6 Å². The molecule has 0 atom stereocenters. The van der Waals surface area contributed by atoms with E-state index in [0.29, 0.717) is 5.25 Å². The highest BCUT2D eigenvalue weighted by molar-refractivity contribution is 9.10. The first-order chi connectivity index (χ1) is 6.13. The summed E-state index contributed by atoms with van der Waals surface area (Å²) in [4.78, 5) is 1.23. The smallest absolute Gasteiger partial charge is 0.0682 e. The zero-order valence-corrected chi connectivity index (χ0v) is 10.2. The predicted octanol–water partition coefficient (Wildman–Crippen LogP) is 3.44. The van der Waals surface area contributed by atoms with E-state index in [4.69, 9.17) is 5.11 Å². The lowest BCUT2D eigenvalue weighted by atomic mass is 10.2. The van der Waals surface area contributed by atoms with Gasteiger partial charge in [0.25, 0.3) is 0 Å². The molecule has 0 bridgehead atoms. The fourth-order valence-corrected chi connectivity index (χ4v) is 2.52. The van der Waals surface area contributed by atoms with Crippen LogP contribution in [0, 0.1) is 0 Å². The Balaban J connectivity index is 2.85. The lowest BCUT2D eigenvalue weighted by Crippen LogP contribution is -1.88. The van der Waals surface area contributed by atoms with E-state index in [1.807, 2.05) is 30.0 Å². The van der Waals surface area contributed by atoms with Gasteiger partial charge in [0, 0.05) is 14.6 Å². The predicted molar refractivity (Wildman–Crippen MR) is 61.1 cm³/mol. The molecule has 0 aliphatic carbocycles. The molecular weight excluding hydrogens is 248 g/mol. The van der Waals surface area contributed by atoms with E-state index in [9.17, 15) is 0 Å². The molecule has 0 aromatic heterocycles. The molecule has 0 aliphatic heterocycles. The molecule has 0 unspecified atom stereocenters. The molecule has 0 amide bonds. The Kier molecular flexibility index (Phi) is 4.29. The second kappa shape index (κ2) is 5.03. The Hall–Kier alpha value is 0.01000. The van der Waals surface area contributed by atoms with Gasteiger partial charge in [0.2, 0.25) is 0 Å². The first-order valence-electron chi connectivity index (χ1n) is 4.19. The summed E-state index contributed by atoms with van der Waals surface area (Å²) in [5, 5.41) is 9.49. The number of halogens is 1. The molecule has 13 heavy (non-hydrogen) atoms. The molecule has 1 aromatic carbocycles. The summed E-state index contributed by atoms with van der Waals surface area (Å²) in [6, 6.07) is 5.96. The summed E-state index contributed by atoms with van der Waals surface area (Å²) < 4.78 is 1.07. The van der Waals surface area contributed by atoms with Crippen molar-refractivity contribution >= 4 is 27.7 Å². The highest BCUT2D eigenvalue weighted by atomic mass is 79.9. The molecular formula is C10H13BrOS. The lowest BCUT2D eigenvalue weighted by molar-refractivity contribution is 0.281. The summed E-state index contributed by atoms with van der Waals surface area (Å²) >= 11 is 5.30. The van der Waals surface area contributed by atoms with Gasteiger partial charge >= 0.3 is 0 Å². The molecule has 1 nitrogen and oxygen atoms in total. The monoisotopic (exact) mass is 260 g/mol. The zero-order valence-electron chi connectivity index (χ0n) is 7.75. The standard InChI is InChI=1S/C10H13BrOS/c1-7(2)13-10-4-3-8(6-12)5-9(10)11/h3-5,7,12H,6H2,1-2H3. The van der Waals surface area contributed by atoms with Crippen molar-refractivity contribution in [1.82, 2.24) is 0 Å². The van der Waals surface area contributed by atoms with Crippen LogP contribution in [0.4, 0.5) is 0 Å². The third-order valence-corrected chi connectivity index (χ3v) is 3.54. The third kappa shape index (κ3) is 3.33. The number of aliphatic hydroxyl groups is 1. The number of hydrogen-bond acceptors (Lipinski definition) is 2. The highest BCUT2D eigenvalue weighted by Gasteiger charge is 2.03. The van der Waals surface area contributed by atoms with Crippen LogP contribution in [0.25, 0.3) is 0 Å². The number of benzene rings is 1. The molecule has 0 heterocycles. The molecule has 1 aromatic rings. The average Bonchev–Trinajstić information content (AvgIpc) is 2.08. The average molecular weight is 261 g/mol. The van der Waals surface area contributed by atoms with Crippen molar-refractivity contribution in [3.63, 3.8) is 0 Å². The van der Waals surface area contributed by atoms with Gasteiger partial charge in [-0.15, -0.1) is 11.8 Å². The van der Waals surface area contributed by atoms with E-state index in [1.165, 1.54) is 4.90 Å². The van der Waals surface area contributed by atoms with Gasteiger partial charge in [0.1, 0.15) is 0 Å². The van der Waals surface area contributed by atoms with Crippen LogP contribution in [0.15, 0.2) is 27.6 Å². The molecule has 1 rings (SSSR count). The summed E-state index contributed by atoms with van der Waals surface area (Å²) in [7, 11) is 0. The normalized spacial score (nSPS) is 10.8. The van der Waals surface area contributed by atoms with Gasteiger partial charge in [0.05, 0.1) is 6.61 Å². The number of thioether (sulfide) groups is 1. The van der Waals surface area contributed by atoms with E-state index in [-0.39, 0.29) is 6.61 Å². The second-order valence-electron chi connectivity index (χ2n) is 3.09. The minimum atomic E-state index is 0.102. The topological polar surface area (TPSA) is 20.2 Å². The second-order valence-corrected chi connectivity index (χ2v) is 5.56. The van der Waals surface area contributed by atoms with Crippen LogP contribution in [0.1, 0.15) is 19.4 Å². The number of hydrogen-bond donors (Lipinski definition) is 1. The van der Waals surface area contributed by atoms with Crippen LogP contribution in [0.5, 0.6) is 0 Å². The van der Waals surface area contributed by atoms with E-state index >= 15 is 0 Å². The molecule has 0 radical (unpaired) electrons. The van der Waals surface area contributed by atoms with Crippen molar-refractivity contribution in [1.29, 1.82) is 0 Å². The molecule has 0 spiro atoms. The largest absolute Gasteiger partial charge is 0.392 e. The minimum Gasteiger partial charge on any atom is -0.392 e. The maximum Gasteiger partial charge on any atom is 0.0682 e. The van der Waals surface area contributed by atoms with Crippen LogP contribution in [0.2, 0.25) is 0 Å².